The van der Waals surface area contributed by atoms with Crippen LogP contribution in [0.5, 0.6) is 0 Å². The summed E-state index contributed by atoms with van der Waals surface area (Å²) in [6, 6.07) is 6.91. The van der Waals surface area contributed by atoms with Gasteiger partial charge in [0.1, 0.15) is 0 Å². The summed E-state index contributed by atoms with van der Waals surface area (Å²) < 4.78 is 0. The van der Waals surface area contributed by atoms with Gasteiger partial charge in [-0.3, -0.25) is 0 Å². The summed E-state index contributed by atoms with van der Waals surface area (Å²) in [4.78, 5) is 0. The molecule has 18 heavy (non-hydrogen) atoms. The second-order valence-corrected chi connectivity index (χ2v) is 5.87. The van der Waals surface area contributed by atoms with E-state index in [4.69, 9.17) is 0 Å². The molecule has 0 spiro atoms. The lowest BCUT2D eigenvalue weighted by Crippen LogP contribution is -2.16. The molecule has 0 amide bonds. The van der Waals surface area contributed by atoms with Gasteiger partial charge in [-0.05, 0) is 67.9 Å². The molecule has 96 valence electrons. The molecule has 0 saturated carbocycles. The molecule has 0 N–H and O–H groups in total. The first-order chi connectivity index (χ1) is 8.41. The minimum absolute atomic E-state index is 0.574. The molecule has 1 aromatic rings. The van der Waals surface area contributed by atoms with Crippen molar-refractivity contribution in [3.05, 3.63) is 58.2 Å². The molecule has 2 rings (SSSR count). The van der Waals surface area contributed by atoms with Crippen LogP contribution in [0.4, 0.5) is 0 Å². The van der Waals surface area contributed by atoms with Gasteiger partial charge in [0.15, 0.2) is 0 Å². The molecule has 0 aliphatic heterocycles. The van der Waals surface area contributed by atoms with Gasteiger partial charge in [-0.1, -0.05) is 37.3 Å². The van der Waals surface area contributed by atoms with E-state index in [0.29, 0.717) is 11.8 Å². The van der Waals surface area contributed by atoms with E-state index in [-0.39, 0.29) is 0 Å². The van der Waals surface area contributed by atoms with Crippen molar-refractivity contribution in [1.29, 1.82) is 0 Å². The van der Waals surface area contributed by atoms with Crippen molar-refractivity contribution >= 4 is 0 Å². The maximum Gasteiger partial charge on any atom is 0.00570 e. The number of hydrogen-bond donors (Lipinski definition) is 0. The third kappa shape index (κ3) is 2.16. The Balaban J connectivity index is 2.44. The predicted octanol–water partition coefficient (Wildman–Crippen LogP) is 5.32. The summed E-state index contributed by atoms with van der Waals surface area (Å²) in [6.45, 7) is 15.4. The molecule has 1 aliphatic carbocycles. The average molecular weight is 240 g/mol. The largest absolute Gasteiger partial charge is 0.0953 e. The predicted molar refractivity (Wildman–Crippen MR) is 80.0 cm³/mol. The molecule has 2 unspecified atom stereocenters. The monoisotopic (exact) mass is 240 g/mol. The Bertz CT molecular complexity index is 517. The minimum atomic E-state index is 0.574. The molecule has 0 heterocycles. The van der Waals surface area contributed by atoms with Crippen LogP contribution in [0.15, 0.2) is 41.5 Å². The fourth-order valence-electron chi connectivity index (χ4n) is 2.92. The zero-order chi connectivity index (χ0) is 13.4. The summed E-state index contributed by atoms with van der Waals surface area (Å²) >= 11 is 0. The lowest BCUT2D eigenvalue weighted by molar-refractivity contribution is 0.535. The summed E-state index contributed by atoms with van der Waals surface area (Å²) in [6.07, 6.45) is 1.20. The van der Waals surface area contributed by atoms with Crippen molar-refractivity contribution in [3.8, 4) is 0 Å². The van der Waals surface area contributed by atoms with E-state index < -0.39 is 0 Å². The molecule has 0 aromatic heterocycles. The van der Waals surface area contributed by atoms with Crippen LogP contribution in [0.25, 0.3) is 0 Å². The first-order valence-corrected chi connectivity index (χ1v) is 6.85. The maximum absolute atomic E-state index is 4.23. The fourth-order valence-corrected chi connectivity index (χ4v) is 2.92. The van der Waals surface area contributed by atoms with Crippen LogP contribution in [0.1, 0.15) is 49.8 Å². The number of aryl methyl sites for hydroxylation is 2. The second kappa shape index (κ2) is 4.76. The third-order valence-corrected chi connectivity index (χ3v) is 4.71. The van der Waals surface area contributed by atoms with Crippen LogP contribution in [0, 0.1) is 19.8 Å². The molecule has 0 bridgehead atoms. The van der Waals surface area contributed by atoms with Gasteiger partial charge in [-0.15, -0.1) is 0 Å². The van der Waals surface area contributed by atoms with Gasteiger partial charge in [0, 0.05) is 5.92 Å². The van der Waals surface area contributed by atoms with Gasteiger partial charge in [0.05, 0.1) is 0 Å². The van der Waals surface area contributed by atoms with Crippen molar-refractivity contribution in [2.75, 3.05) is 0 Å². The zero-order valence-electron chi connectivity index (χ0n) is 12.3. The molecular weight excluding hydrogens is 216 g/mol. The number of hydrogen-bond acceptors (Lipinski definition) is 0. The summed E-state index contributed by atoms with van der Waals surface area (Å²) in [7, 11) is 0. The molecule has 0 nitrogen and oxygen atoms in total. The van der Waals surface area contributed by atoms with E-state index >= 15 is 0 Å². The SMILES string of the molecule is C=C1C(C)=C(C)C(c2ccc(C)c(C)c2)CC1C. The van der Waals surface area contributed by atoms with Crippen LogP contribution < -0.4 is 0 Å². The van der Waals surface area contributed by atoms with Gasteiger partial charge in [-0.2, -0.15) is 0 Å². The summed E-state index contributed by atoms with van der Waals surface area (Å²) in [5, 5.41) is 0. The highest BCUT2D eigenvalue weighted by Crippen LogP contribution is 2.42. The van der Waals surface area contributed by atoms with Crippen LogP contribution in [0.2, 0.25) is 0 Å². The van der Waals surface area contributed by atoms with Crippen LogP contribution in [-0.4, -0.2) is 0 Å². The van der Waals surface area contributed by atoms with Crippen molar-refractivity contribution in [3.63, 3.8) is 0 Å². The van der Waals surface area contributed by atoms with Crippen LogP contribution >= 0.6 is 0 Å². The molecule has 2 atom stereocenters. The highest BCUT2D eigenvalue weighted by Gasteiger charge is 2.26. The molecule has 1 aromatic carbocycles. The van der Waals surface area contributed by atoms with E-state index in [1.807, 2.05) is 0 Å². The van der Waals surface area contributed by atoms with Gasteiger partial charge in [0.2, 0.25) is 0 Å². The summed E-state index contributed by atoms with van der Waals surface area (Å²) in [5.74, 6) is 1.17. The van der Waals surface area contributed by atoms with Crippen molar-refractivity contribution in [1.82, 2.24) is 0 Å². The van der Waals surface area contributed by atoms with E-state index in [1.54, 1.807) is 0 Å². The second-order valence-electron chi connectivity index (χ2n) is 5.87. The Hall–Kier alpha value is -1.30. The lowest BCUT2D eigenvalue weighted by Gasteiger charge is -2.32. The zero-order valence-corrected chi connectivity index (χ0v) is 12.3. The Morgan fingerprint density at radius 2 is 1.72 bits per heavy atom. The van der Waals surface area contributed by atoms with Gasteiger partial charge in [0.25, 0.3) is 0 Å². The summed E-state index contributed by atoms with van der Waals surface area (Å²) in [5.41, 5.74) is 8.49. The Morgan fingerprint density at radius 3 is 2.33 bits per heavy atom. The average Bonchev–Trinajstić information content (AvgIpc) is 2.35. The highest BCUT2D eigenvalue weighted by molar-refractivity contribution is 5.44. The van der Waals surface area contributed by atoms with Gasteiger partial charge >= 0.3 is 0 Å². The van der Waals surface area contributed by atoms with Crippen molar-refractivity contribution < 1.29 is 0 Å². The van der Waals surface area contributed by atoms with Crippen molar-refractivity contribution in [2.24, 2.45) is 5.92 Å². The maximum atomic E-state index is 4.23. The third-order valence-electron chi connectivity index (χ3n) is 4.71. The smallest absolute Gasteiger partial charge is 0.00570 e. The Morgan fingerprint density at radius 1 is 1.06 bits per heavy atom. The highest BCUT2D eigenvalue weighted by atomic mass is 14.3. The first kappa shape index (κ1) is 13.1. The molecule has 0 saturated heterocycles. The van der Waals surface area contributed by atoms with Gasteiger partial charge < -0.3 is 0 Å². The standard InChI is InChI=1S/C18H24/c1-11-7-8-17(9-12(11)2)18-10-13(3)14(4)15(5)16(18)6/h7-9,13,18H,4,10H2,1-3,5-6H3. The van der Waals surface area contributed by atoms with E-state index in [2.05, 4.69) is 59.4 Å². The fraction of sp³-hybridized carbons (Fsp3) is 0.444. The minimum Gasteiger partial charge on any atom is -0.0953 e. The number of allylic oxidation sites excluding steroid dienone is 3. The van der Waals surface area contributed by atoms with E-state index in [9.17, 15) is 0 Å². The molecule has 0 fully saturated rings. The first-order valence-electron chi connectivity index (χ1n) is 6.85. The molecule has 0 radical (unpaired) electrons. The van der Waals surface area contributed by atoms with E-state index in [1.165, 1.54) is 39.8 Å². The van der Waals surface area contributed by atoms with E-state index in [0.717, 1.165) is 0 Å². The molecular formula is C18H24. The lowest BCUT2D eigenvalue weighted by atomic mass is 9.73. The Kier molecular flexibility index (Phi) is 3.47. The van der Waals surface area contributed by atoms with Crippen molar-refractivity contribution in [2.45, 2.75) is 47.0 Å². The quantitative estimate of drug-likeness (QED) is 0.623. The number of benzene rings is 1. The Labute approximate surface area is 111 Å². The number of rotatable bonds is 1. The van der Waals surface area contributed by atoms with Crippen LogP contribution in [0.3, 0.4) is 0 Å². The molecule has 1 aliphatic rings. The van der Waals surface area contributed by atoms with Crippen LogP contribution in [-0.2, 0) is 0 Å². The van der Waals surface area contributed by atoms with Gasteiger partial charge in [-0.25, -0.2) is 0 Å². The normalized spacial score (nSPS) is 24.6. The molecule has 0 heteroatoms. The topological polar surface area (TPSA) is 0 Å².